The summed E-state index contributed by atoms with van der Waals surface area (Å²) in [4.78, 5) is 63.1. The van der Waals surface area contributed by atoms with Crippen molar-refractivity contribution in [2.45, 2.75) is 12.2 Å². The van der Waals surface area contributed by atoms with E-state index in [1.165, 1.54) is 62.8 Å². The van der Waals surface area contributed by atoms with Crippen LogP contribution in [0.15, 0.2) is 78.9 Å². The van der Waals surface area contributed by atoms with Crippen LogP contribution in [-0.4, -0.2) is 61.3 Å². The van der Waals surface area contributed by atoms with Gasteiger partial charge in [0.05, 0.1) is 25.3 Å². The second-order valence-corrected chi connectivity index (χ2v) is 7.76. The number of hydrogen-bond acceptors (Lipinski definition) is 9. The van der Waals surface area contributed by atoms with Crippen LogP contribution in [0.2, 0.25) is 0 Å². The number of esters is 2. The predicted molar refractivity (Wildman–Crippen MR) is 134 cm³/mol. The van der Waals surface area contributed by atoms with Crippen LogP contribution in [0.25, 0.3) is 0 Å². The summed E-state index contributed by atoms with van der Waals surface area (Å²) in [6.07, 6.45) is -4.52. The number of carbonyl (C=O) groups excluding carboxylic acids is 4. The maximum Gasteiger partial charge on any atom is 0.349 e. The molecule has 3 aromatic rings. The fourth-order valence-electron chi connectivity index (χ4n) is 3.21. The number of aliphatic carboxylic acids is 1. The predicted octanol–water partition coefficient (Wildman–Crippen LogP) is 2.00. The Labute approximate surface area is 222 Å². The van der Waals surface area contributed by atoms with E-state index in [0.717, 1.165) is 0 Å². The number of nitrogens with one attached hydrogen (secondary N) is 2. The first-order chi connectivity index (χ1) is 18.7. The quantitative estimate of drug-likeness (QED) is 0.258. The Bertz CT molecular complexity index is 1360. The molecule has 0 heterocycles. The zero-order valence-corrected chi connectivity index (χ0v) is 20.8. The van der Waals surface area contributed by atoms with E-state index in [1.54, 1.807) is 30.3 Å². The fraction of sp³-hybridized carbons (Fsp3) is 0.148. The summed E-state index contributed by atoms with van der Waals surface area (Å²) >= 11 is 0. The Morgan fingerprint density at radius 1 is 0.641 bits per heavy atom. The molecule has 39 heavy (non-hydrogen) atoms. The second kappa shape index (κ2) is 13.2. The van der Waals surface area contributed by atoms with Gasteiger partial charge in [0.2, 0.25) is 12.2 Å². The van der Waals surface area contributed by atoms with Gasteiger partial charge in [-0.05, 0) is 48.5 Å². The van der Waals surface area contributed by atoms with E-state index in [2.05, 4.69) is 5.43 Å². The molecule has 2 atom stereocenters. The highest BCUT2D eigenvalue weighted by Gasteiger charge is 2.41. The van der Waals surface area contributed by atoms with Crippen molar-refractivity contribution >= 4 is 29.7 Å². The van der Waals surface area contributed by atoms with Gasteiger partial charge in [-0.1, -0.05) is 30.3 Å². The van der Waals surface area contributed by atoms with E-state index in [0.29, 0.717) is 11.5 Å². The molecule has 0 radical (unpaired) electrons. The van der Waals surface area contributed by atoms with Crippen LogP contribution in [-0.2, 0) is 19.1 Å². The summed E-state index contributed by atoms with van der Waals surface area (Å²) in [5.74, 6) is -5.47. The third-order valence-electron chi connectivity index (χ3n) is 5.19. The Balaban J connectivity index is 1.87. The SMILES string of the molecule is COc1cccc(C(=O)O[C@@H](C(=O)O)[C@@H](OC(=O)c2cccc(OC)c2)C(=O)NNC(=O)c2ccccc2)c1. The average molecular weight is 536 g/mol. The monoisotopic (exact) mass is 536 g/mol. The van der Waals surface area contributed by atoms with Crippen LogP contribution >= 0.6 is 0 Å². The van der Waals surface area contributed by atoms with Gasteiger partial charge in [0.25, 0.3) is 11.8 Å². The molecule has 0 saturated carbocycles. The third kappa shape index (κ3) is 7.55. The summed E-state index contributed by atoms with van der Waals surface area (Å²) < 4.78 is 20.4. The number of methoxy groups -OCH3 is 2. The lowest BCUT2D eigenvalue weighted by Crippen LogP contribution is -2.54. The number of rotatable bonds is 10. The number of hydrogen-bond donors (Lipinski definition) is 3. The van der Waals surface area contributed by atoms with Gasteiger partial charge in [0.1, 0.15) is 11.5 Å². The number of hydrazine groups is 1. The minimum Gasteiger partial charge on any atom is -0.497 e. The van der Waals surface area contributed by atoms with E-state index in [4.69, 9.17) is 18.9 Å². The average Bonchev–Trinajstić information content (AvgIpc) is 2.97. The number of carboxylic acid groups (broad SMARTS) is 1. The zero-order valence-electron chi connectivity index (χ0n) is 20.8. The second-order valence-electron chi connectivity index (χ2n) is 7.76. The Kier molecular flexibility index (Phi) is 9.57. The summed E-state index contributed by atoms with van der Waals surface area (Å²) in [6, 6.07) is 19.1. The zero-order chi connectivity index (χ0) is 28.4. The van der Waals surface area contributed by atoms with Gasteiger partial charge in [0, 0.05) is 5.56 Å². The van der Waals surface area contributed by atoms with Crippen LogP contribution in [0.3, 0.4) is 0 Å². The molecule has 12 heteroatoms. The highest BCUT2D eigenvalue weighted by molar-refractivity contribution is 5.99. The minimum absolute atomic E-state index is 0.0799. The first-order valence-corrected chi connectivity index (χ1v) is 11.3. The molecule has 0 bridgehead atoms. The van der Waals surface area contributed by atoms with Crippen LogP contribution in [0.5, 0.6) is 11.5 Å². The highest BCUT2D eigenvalue weighted by Crippen LogP contribution is 2.18. The molecule has 0 saturated heterocycles. The van der Waals surface area contributed by atoms with Crippen molar-refractivity contribution in [1.82, 2.24) is 10.9 Å². The molecule has 12 nitrogen and oxygen atoms in total. The molecule has 0 fully saturated rings. The molecule has 0 aliphatic heterocycles. The van der Waals surface area contributed by atoms with Gasteiger partial charge in [-0.15, -0.1) is 0 Å². The van der Waals surface area contributed by atoms with Crippen molar-refractivity contribution in [2.75, 3.05) is 14.2 Å². The van der Waals surface area contributed by atoms with E-state index < -0.39 is 41.9 Å². The fourth-order valence-corrected chi connectivity index (χ4v) is 3.21. The molecule has 0 aromatic heterocycles. The van der Waals surface area contributed by atoms with Gasteiger partial charge in [-0.2, -0.15) is 0 Å². The molecule has 0 aliphatic carbocycles. The molecule has 0 unspecified atom stereocenters. The topological polar surface area (TPSA) is 167 Å². The summed E-state index contributed by atoms with van der Waals surface area (Å²) in [5.41, 5.74) is 4.13. The largest absolute Gasteiger partial charge is 0.497 e. The molecule has 0 aliphatic rings. The Morgan fingerprint density at radius 2 is 1.13 bits per heavy atom. The Morgan fingerprint density at radius 3 is 1.62 bits per heavy atom. The van der Waals surface area contributed by atoms with Crippen molar-refractivity contribution in [2.24, 2.45) is 0 Å². The molecular weight excluding hydrogens is 512 g/mol. The number of ether oxygens (including phenoxy) is 4. The van der Waals surface area contributed by atoms with Crippen LogP contribution in [0.1, 0.15) is 31.1 Å². The standard InChI is InChI=1S/C27H24N2O10/c1-36-19-12-6-10-17(14-19)26(34)38-21(24(31)29-28-23(30)16-8-4-3-5-9-16)22(25(32)33)39-27(35)18-11-7-13-20(15-18)37-2/h3-15,21-22H,1-2H3,(H,28,30)(H,29,31)(H,32,33)/t21-,22-/m1/s1. The lowest BCUT2D eigenvalue weighted by molar-refractivity contribution is -0.159. The number of benzene rings is 3. The third-order valence-corrected chi connectivity index (χ3v) is 5.19. The molecule has 3 rings (SSSR count). The summed E-state index contributed by atoms with van der Waals surface area (Å²) in [6.45, 7) is 0. The van der Waals surface area contributed by atoms with Gasteiger partial charge in [0.15, 0.2) is 0 Å². The first-order valence-electron chi connectivity index (χ1n) is 11.3. The maximum atomic E-state index is 13.0. The van der Waals surface area contributed by atoms with Crippen LogP contribution in [0, 0.1) is 0 Å². The van der Waals surface area contributed by atoms with Crippen molar-refractivity contribution in [1.29, 1.82) is 0 Å². The molecule has 202 valence electrons. The van der Waals surface area contributed by atoms with E-state index in [-0.39, 0.29) is 16.7 Å². The van der Waals surface area contributed by atoms with Crippen LogP contribution < -0.4 is 20.3 Å². The molecule has 2 amide bonds. The number of carbonyl (C=O) groups is 5. The molecule has 3 N–H and O–H groups in total. The van der Waals surface area contributed by atoms with E-state index in [9.17, 15) is 29.1 Å². The van der Waals surface area contributed by atoms with Crippen molar-refractivity contribution < 1.29 is 48.0 Å². The van der Waals surface area contributed by atoms with Crippen molar-refractivity contribution in [3.63, 3.8) is 0 Å². The normalized spacial score (nSPS) is 11.7. The highest BCUT2D eigenvalue weighted by atomic mass is 16.6. The molecular formula is C27H24N2O10. The first kappa shape index (κ1) is 28.2. The van der Waals surface area contributed by atoms with E-state index >= 15 is 0 Å². The number of carboxylic acids is 1. The van der Waals surface area contributed by atoms with Crippen LogP contribution in [0.4, 0.5) is 0 Å². The Hall–Kier alpha value is -5.39. The van der Waals surface area contributed by atoms with E-state index in [1.807, 2.05) is 5.43 Å². The summed E-state index contributed by atoms with van der Waals surface area (Å²) in [7, 11) is 2.74. The van der Waals surface area contributed by atoms with Gasteiger partial charge in [-0.25, -0.2) is 14.4 Å². The van der Waals surface area contributed by atoms with Gasteiger partial charge < -0.3 is 24.1 Å². The minimum atomic E-state index is -2.30. The van der Waals surface area contributed by atoms with Gasteiger partial charge >= 0.3 is 17.9 Å². The lowest BCUT2D eigenvalue weighted by Gasteiger charge is -2.23. The summed E-state index contributed by atoms with van der Waals surface area (Å²) in [5, 5.41) is 9.83. The van der Waals surface area contributed by atoms with Crippen molar-refractivity contribution in [3.8, 4) is 11.5 Å². The number of amides is 2. The van der Waals surface area contributed by atoms with Gasteiger partial charge in [-0.3, -0.25) is 20.4 Å². The molecule has 3 aromatic carbocycles. The lowest BCUT2D eigenvalue weighted by atomic mass is 10.1. The molecule has 0 spiro atoms. The van der Waals surface area contributed by atoms with Crippen molar-refractivity contribution in [3.05, 3.63) is 95.6 Å². The smallest absolute Gasteiger partial charge is 0.349 e. The maximum absolute atomic E-state index is 13.0.